The summed E-state index contributed by atoms with van der Waals surface area (Å²) in [5.41, 5.74) is 0. The minimum atomic E-state index is -0.241. The third-order valence-corrected chi connectivity index (χ3v) is 2.09. The minimum Gasteiger partial charge on any atom is -0.469 e. The Kier molecular flexibility index (Phi) is 3.08. The number of ether oxygens (including phenoxy) is 1. The Morgan fingerprint density at radius 1 is 1.75 bits per heavy atom. The highest BCUT2D eigenvalue weighted by molar-refractivity contribution is 5.81. The molecule has 1 rings (SSSR count). The van der Waals surface area contributed by atoms with E-state index in [0.29, 0.717) is 12.8 Å². The predicted molar refractivity (Wildman–Crippen MR) is 42.4 cm³/mol. The molecular weight excluding hydrogens is 158 g/mol. The summed E-state index contributed by atoms with van der Waals surface area (Å²) in [4.78, 5) is 21.7. The van der Waals surface area contributed by atoms with Crippen LogP contribution in [0.3, 0.4) is 0 Å². The molecule has 1 atom stereocenters. The van der Waals surface area contributed by atoms with E-state index in [1.165, 1.54) is 7.11 Å². The summed E-state index contributed by atoms with van der Waals surface area (Å²) in [6.45, 7) is 0.741. The van der Waals surface area contributed by atoms with Gasteiger partial charge in [0.1, 0.15) is 0 Å². The molecule has 4 heteroatoms. The van der Waals surface area contributed by atoms with Crippen LogP contribution in [0.1, 0.15) is 19.3 Å². The lowest BCUT2D eigenvalue weighted by atomic mass is 10.0. The van der Waals surface area contributed by atoms with Crippen molar-refractivity contribution in [1.82, 2.24) is 5.32 Å². The maximum Gasteiger partial charge on any atom is 0.305 e. The molecule has 0 aliphatic carbocycles. The summed E-state index contributed by atoms with van der Waals surface area (Å²) in [5.74, 6) is -0.155. The minimum absolute atomic E-state index is 0.0177. The van der Waals surface area contributed by atoms with Crippen LogP contribution in [-0.2, 0) is 14.3 Å². The van der Waals surface area contributed by atoms with Crippen molar-refractivity contribution in [2.75, 3.05) is 13.7 Å². The number of carbonyl (C=O) groups excluding carboxylic acids is 2. The number of nitrogens with one attached hydrogen (secondary N) is 1. The first-order valence-electron chi connectivity index (χ1n) is 4.08. The van der Waals surface area contributed by atoms with Crippen LogP contribution in [0, 0.1) is 5.92 Å². The van der Waals surface area contributed by atoms with Gasteiger partial charge in [-0.3, -0.25) is 9.59 Å². The van der Waals surface area contributed by atoms with Gasteiger partial charge in [0.25, 0.3) is 0 Å². The SMILES string of the molecule is COC(=O)CC[C@H]1CCNC1=O. The van der Waals surface area contributed by atoms with Gasteiger partial charge in [-0.2, -0.15) is 0 Å². The second-order valence-corrected chi connectivity index (χ2v) is 2.89. The average Bonchev–Trinajstić information content (AvgIpc) is 2.47. The van der Waals surface area contributed by atoms with Crippen LogP contribution in [0.2, 0.25) is 0 Å². The molecule has 68 valence electrons. The van der Waals surface area contributed by atoms with Crippen LogP contribution in [0.4, 0.5) is 0 Å². The van der Waals surface area contributed by atoms with Crippen molar-refractivity contribution in [3.8, 4) is 0 Å². The summed E-state index contributed by atoms with van der Waals surface area (Å²) < 4.78 is 4.47. The van der Waals surface area contributed by atoms with E-state index in [2.05, 4.69) is 10.1 Å². The fourth-order valence-corrected chi connectivity index (χ4v) is 1.31. The lowest BCUT2D eigenvalue weighted by Crippen LogP contribution is -2.19. The molecule has 1 aliphatic rings. The van der Waals surface area contributed by atoms with E-state index in [0.717, 1.165) is 13.0 Å². The van der Waals surface area contributed by atoms with Crippen LogP contribution in [-0.4, -0.2) is 25.5 Å². The zero-order valence-corrected chi connectivity index (χ0v) is 7.13. The third-order valence-electron chi connectivity index (χ3n) is 2.09. The van der Waals surface area contributed by atoms with E-state index in [9.17, 15) is 9.59 Å². The fraction of sp³-hybridized carbons (Fsp3) is 0.750. The molecule has 1 fully saturated rings. The van der Waals surface area contributed by atoms with Gasteiger partial charge in [0, 0.05) is 18.9 Å². The van der Waals surface area contributed by atoms with Gasteiger partial charge >= 0.3 is 5.97 Å². The largest absolute Gasteiger partial charge is 0.469 e. The molecule has 12 heavy (non-hydrogen) atoms. The van der Waals surface area contributed by atoms with Gasteiger partial charge in [0.05, 0.1) is 7.11 Å². The first kappa shape index (κ1) is 9.03. The third kappa shape index (κ3) is 2.22. The second-order valence-electron chi connectivity index (χ2n) is 2.89. The van der Waals surface area contributed by atoms with E-state index in [-0.39, 0.29) is 17.8 Å². The number of rotatable bonds is 3. The maximum absolute atomic E-state index is 11.0. The van der Waals surface area contributed by atoms with E-state index in [4.69, 9.17) is 0 Å². The lowest BCUT2D eigenvalue weighted by Gasteiger charge is -2.03. The highest BCUT2D eigenvalue weighted by atomic mass is 16.5. The Balaban J connectivity index is 2.22. The highest BCUT2D eigenvalue weighted by Crippen LogP contribution is 2.15. The summed E-state index contributed by atoms with van der Waals surface area (Å²) in [6.07, 6.45) is 1.79. The van der Waals surface area contributed by atoms with Crippen molar-refractivity contribution in [2.45, 2.75) is 19.3 Å². The van der Waals surface area contributed by atoms with Gasteiger partial charge in [0.2, 0.25) is 5.91 Å². The highest BCUT2D eigenvalue weighted by Gasteiger charge is 2.24. The maximum atomic E-state index is 11.0. The monoisotopic (exact) mass is 171 g/mol. The zero-order chi connectivity index (χ0) is 8.97. The molecule has 0 unspecified atom stereocenters. The average molecular weight is 171 g/mol. The van der Waals surface area contributed by atoms with Crippen molar-refractivity contribution in [2.24, 2.45) is 5.92 Å². The summed E-state index contributed by atoms with van der Waals surface area (Å²) in [7, 11) is 1.36. The lowest BCUT2D eigenvalue weighted by molar-refractivity contribution is -0.141. The van der Waals surface area contributed by atoms with Crippen LogP contribution in [0.25, 0.3) is 0 Å². The van der Waals surface area contributed by atoms with Crippen molar-refractivity contribution in [3.05, 3.63) is 0 Å². The van der Waals surface area contributed by atoms with Gasteiger partial charge in [-0.15, -0.1) is 0 Å². The molecule has 1 saturated heterocycles. The first-order valence-corrected chi connectivity index (χ1v) is 4.08. The molecular formula is C8H13NO3. The van der Waals surface area contributed by atoms with Gasteiger partial charge in [-0.1, -0.05) is 0 Å². The fourth-order valence-electron chi connectivity index (χ4n) is 1.31. The summed E-state index contributed by atoms with van der Waals surface area (Å²) in [6, 6.07) is 0. The Morgan fingerprint density at radius 3 is 3.00 bits per heavy atom. The van der Waals surface area contributed by atoms with Crippen molar-refractivity contribution in [1.29, 1.82) is 0 Å². The molecule has 0 bridgehead atoms. The quantitative estimate of drug-likeness (QED) is 0.611. The Morgan fingerprint density at radius 2 is 2.50 bits per heavy atom. The Hall–Kier alpha value is -1.06. The van der Waals surface area contributed by atoms with Crippen LogP contribution >= 0.6 is 0 Å². The molecule has 1 amide bonds. The predicted octanol–water partition coefficient (Wildman–Crippen LogP) is 0.0757. The number of amides is 1. The Bertz CT molecular complexity index is 191. The molecule has 0 spiro atoms. The smallest absolute Gasteiger partial charge is 0.305 e. The topological polar surface area (TPSA) is 55.4 Å². The number of esters is 1. The van der Waals surface area contributed by atoms with Gasteiger partial charge in [-0.05, 0) is 12.8 Å². The molecule has 0 aromatic rings. The molecule has 4 nitrogen and oxygen atoms in total. The number of hydrogen-bond donors (Lipinski definition) is 1. The number of carbonyl (C=O) groups is 2. The van der Waals surface area contributed by atoms with E-state index >= 15 is 0 Å². The van der Waals surface area contributed by atoms with Crippen molar-refractivity contribution >= 4 is 11.9 Å². The number of methoxy groups -OCH3 is 1. The van der Waals surface area contributed by atoms with Crippen LogP contribution in [0.15, 0.2) is 0 Å². The second kappa shape index (κ2) is 4.09. The Labute approximate surface area is 71.3 Å². The zero-order valence-electron chi connectivity index (χ0n) is 7.13. The molecule has 0 aromatic carbocycles. The van der Waals surface area contributed by atoms with Gasteiger partial charge < -0.3 is 10.1 Å². The van der Waals surface area contributed by atoms with E-state index in [1.54, 1.807) is 0 Å². The molecule has 0 saturated carbocycles. The molecule has 1 N–H and O–H groups in total. The molecule has 0 radical (unpaired) electrons. The summed E-state index contributed by atoms with van der Waals surface area (Å²) in [5, 5.41) is 2.72. The van der Waals surface area contributed by atoms with Crippen LogP contribution in [0.5, 0.6) is 0 Å². The van der Waals surface area contributed by atoms with Crippen molar-refractivity contribution in [3.63, 3.8) is 0 Å². The number of hydrogen-bond acceptors (Lipinski definition) is 3. The van der Waals surface area contributed by atoms with Gasteiger partial charge in [0.15, 0.2) is 0 Å². The van der Waals surface area contributed by atoms with Crippen molar-refractivity contribution < 1.29 is 14.3 Å². The summed E-state index contributed by atoms with van der Waals surface area (Å²) >= 11 is 0. The van der Waals surface area contributed by atoms with Crippen LogP contribution < -0.4 is 5.32 Å². The van der Waals surface area contributed by atoms with Gasteiger partial charge in [-0.25, -0.2) is 0 Å². The molecule has 1 aliphatic heterocycles. The molecule has 1 heterocycles. The van der Waals surface area contributed by atoms with E-state index < -0.39 is 0 Å². The molecule has 0 aromatic heterocycles. The standard InChI is InChI=1S/C8H13NO3/c1-12-7(10)3-2-6-4-5-9-8(6)11/h6H,2-5H2,1H3,(H,9,11)/t6-/m0/s1. The normalized spacial score (nSPS) is 22.1. The van der Waals surface area contributed by atoms with E-state index in [1.807, 2.05) is 0 Å². The first-order chi connectivity index (χ1) is 5.74.